The van der Waals surface area contributed by atoms with Crippen molar-refractivity contribution < 1.29 is 14.7 Å². The Morgan fingerprint density at radius 2 is 1.76 bits per heavy atom. The van der Waals surface area contributed by atoms with Crippen LogP contribution >= 0.6 is 11.6 Å². The standard InChI is InChI=1S/C31H32ClN3O3/c1-34(2)26-10-8-22(9-11-26)23-6-7-25(29(32)16-23)19-35(31(38)28-15-20-3-5-24(28)13-20)27-14-21(17-33-18-27)4-12-30(36)37/h4,6-12,14,16-18,20,24,28H,3,5,13,15,19H2,1-2H3,(H,36,37)/b12-4+/t20-,24+,28-/m1/s1. The Balaban J connectivity index is 1.44. The number of amides is 1. The van der Waals surface area contributed by atoms with E-state index >= 15 is 0 Å². The second-order valence-electron chi connectivity index (χ2n) is 10.6. The van der Waals surface area contributed by atoms with Gasteiger partial charge in [-0.05, 0) is 83.7 Å². The van der Waals surface area contributed by atoms with Crippen LogP contribution in [0.3, 0.4) is 0 Å². The SMILES string of the molecule is CN(C)c1ccc(-c2ccc(CN(C(=O)[C@@H]3C[C@@H]4CC[C@H]3C4)c3cncc(/C=C/C(=O)O)c3)c(Cl)c2)cc1. The van der Waals surface area contributed by atoms with Gasteiger partial charge >= 0.3 is 5.97 Å². The lowest BCUT2D eigenvalue weighted by Crippen LogP contribution is -2.38. The van der Waals surface area contributed by atoms with Crippen LogP contribution in [0.2, 0.25) is 5.02 Å². The summed E-state index contributed by atoms with van der Waals surface area (Å²) in [5.74, 6) is 0.133. The van der Waals surface area contributed by atoms with E-state index in [2.05, 4.69) is 34.1 Å². The van der Waals surface area contributed by atoms with Gasteiger partial charge in [0.15, 0.2) is 0 Å². The smallest absolute Gasteiger partial charge is 0.328 e. The van der Waals surface area contributed by atoms with Crippen LogP contribution < -0.4 is 9.80 Å². The molecule has 0 spiro atoms. The van der Waals surface area contributed by atoms with Crippen molar-refractivity contribution in [2.45, 2.75) is 32.2 Å². The summed E-state index contributed by atoms with van der Waals surface area (Å²) in [4.78, 5) is 33.1. The Morgan fingerprint density at radius 1 is 1.00 bits per heavy atom. The van der Waals surface area contributed by atoms with Gasteiger partial charge in [-0.25, -0.2) is 4.79 Å². The zero-order valence-electron chi connectivity index (χ0n) is 21.7. The molecule has 2 aromatic carbocycles. The minimum absolute atomic E-state index is 0.000211. The van der Waals surface area contributed by atoms with Crippen molar-refractivity contribution in [2.24, 2.45) is 17.8 Å². The number of carbonyl (C=O) groups excluding carboxylic acids is 1. The fourth-order valence-corrected chi connectivity index (χ4v) is 6.11. The van der Waals surface area contributed by atoms with Crippen molar-refractivity contribution >= 4 is 40.9 Å². The Kier molecular flexibility index (Phi) is 7.52. The summed E-state index contributed by atoms with van der Waals surface area (Å²) in [7, 11) is 4.02. The number of carboxylic acids is 1. The Hall–Kier alpha value is -3.64. The van der Waals surface area contributed by atoms with Crippen LogP contribution in [0.4, 0.5) is 11.4 Å². The largest absolute Gasteiger partial charge is 0.478 e. The topological polar surface area (TPSA) is 73.7 Å². The van der Waals surface area contributed by atoms with E-state index in [1.54, 1.807) is 17.3 Å². The minimum Gasteiger partial charge on any atom is -0.478 e. The van der Waals surface area contributed by atoms with E-state index in [1.165, 1.54) is 12.5 Å². The molecule has 0 radical (unpaired) electrons. The molecule has 38 heavy (non-hydrogen) atoms. The highest BCUT2D eigenvalue weighted by molar-refractivity contribution is 6.31. The van der Waals surface area contributed by atoms with Crippen LogP contribution in [0.15, 0.2) is 67.0 Å². The molecule has 1 aromatic heterocycles. The molecule has 7 heteroatoms. The molecule has 3 aromatic rings. The molecule has 2 aliphatic rings. The molecule has 0 unspecified atom stereocenters. The molecular formula is C31H32ClN3O3. The molecule has 1 amide bonds. The van der Waals surface area contributed by atoms with Gasteiger partial charge in [0.1, 0.15) is 0 Å². The molecule has 196 valence electrons. The fourth-order valence-electron chi connectivity index (χ4n) is 5.87. The number of hydrogen-bond donors (Lipinski definition) is 1. The summed E-state index contributed by atoms with van der Waals surface area (Å²) in [5.41, 5.74) is 5.32. The summed E-state index contributed by atoms with van der Waals surface area (Å²) < 4.78 is 0. The Morgan fingerprint density at radius 3 is 2.39 bits per heavy atom. The van der Waals surface area contributed by atoms with Gasteiger partial charge in [-0.1, -0.05) is 42.3 Å². The molecule has 5 rings (SSSR count). The van der Waals surface area contributed by atoms with Crippen LogP contribution in [0.5, 0.6) is 0 Å². The van der Waals surface area contributed by atoms with Gasteiger partial charge < -0.3 is 14.9 Å². The first-order chi connectivity index (χ1) is 18.3. The maximum absolute atomic E-state index is 13.9. The monoisotopic (exact) mass is 529 g/mol. The van der Waals surface area contributed by atoms with Crippen molar-refractivity contribution in [3.05, 3.63) is 83.2 Å². The molecule has 2 saturated carbocycles. The highest BCUT2D eigenvalue weighted by Gasteiger charge is 2.44. The number of pyridine rings is 1. The third kappa shape index (κ3) is 5.60. The average Bonchev–Trinajstić information content (AvgIpc) is 3.55. The van der Waals surface area contributed by atoms with Crippen LogP contribution in [-0.4, -0.2) is 36.1 Å². The maximum atomic E-state index is 13.9. The number of aliphatic carboxylic acids is 1. The number of aromatic nitrogens is 1. The van der Waals surface area contributed by atoms with Gasteiger partial charge in [0.25, 0.3) is 0 Å². The van der Waals surface area contributed by atoms with E-state index < -0.39 is 5.97 Å². The lowest BCUT2D eigenvalue weighted by atomic mass is 9.87. The van der Waals surface area contributed by atoms with Gasteiger partial charge in [-0.15, -0.1) is 0 Å². The van der Waals surface area contributed by atoms with Gasteiger partial charge in [0.05, 0.1) is 18.4 Å². The molecule has 1 N–H and O–H groups in total. The summed E-state index contributed by atoms with van der Waals surface area (Å²) in [5, 5.41) is 9.62. The molecule has 6 nitrogen and oxygen atoms in total. The third-order valence-corrected chi connectivity index (χ3v) is 8.25. The minimum atomic E-state index is -1.03. The highest BCUT2D eigenvalue weighted by Crippen LogP contribution is 2.49. The van der Waals surface area contributed by atoms with Gasteiger partial charge in [-0.2, -0.15) is 0 Å². The first-order valence-corrected chi connectivity index (χ1v) is 13.4. The van der Waals surface area contributed by atoms with Gasteiger partial charge in [-0.3, -0.25) is 9.78 Å². The van der Waals surface area contributed by atoms with Crippen molar-refractivity contribution in [2.75, 3.05) is 23.9 Å². The first kappa shape index (κ1) is 26.0. The number of carboxylic acid groups (broad SMARTS) is 1. The average molecular weight is 530 g/mol. The normalized spacial score (nSPS) is 20.1. The zero-order valence-corrected chi connectivity index (χ0v) is 22.4. The molecule has 2 fully saturated rings. The number of fused-ring (bicyclic) bond motifs is 2. The quantitative estimate of drug-likeness (QED) is 0.335. The third-order valence-electron chi connectivity index (χ3n) is 7.89. The number of rotatable bonds is 8. The Labute approximate surface area is 228 Å². The van der Waals surface area contributed by atoms with Crippen molar-refractivity contribution in [3.63, 3.8) is 0 Å². The van der Waals surface area contributed by atoms with Crippen LogP contribution in [-0.2, 0) is 16.1 Å². The number of carbonyl (C=O) groups is 2. The van der Waals surface area contributed by atoms with E-state index in [4.69, 9.17) is 16.7 Å². The maximum Gasteiger partial charge on any atom is 0.328 e. The molecule has 1 heterocycles. The number of hydrogen-bond acceptors (Lipinski definition) is 4. The van der Waals surface area contributed by atoms with Crippen LogP contribution in [0.1, 0.15) is 36.8 Å². The lowest BCUT2D eigenvalue weighted by Gasteiger charge is -2.30. The predicted molar refractivity (Wildman–Crippen MR) is 152 cm³/mol. The second kappa shape index (κ2) is 11.0. The summed E-state index contributed by atoms with van der Waals surface area (Å²) in [6.07, 6.45) is 10.2. The van der Waals surface area contributed by atoms with E-state index in [0.29, 0.717) is 34.7 Å². The number of halogens is 1. The molecule has 0 aliphatic heterocycles. The molecule has 0 saturated heterocycles. The van der Waals surface area contributed by atoms with Gasteiger partial charge in [0.2, 0.25) is 5.91 Å². The first-order valence-electron chi connectivity index (χ1n) is 13.0. The van der Waals surface area contributed by atoms with Crippen molar-refractivity contribution in [1.82, 2.24) is 4.98 Å². The second-order valence-corrected chi connectivity index (χ2v) is 11.0. The zero-order chi connectivity index (χ0) is 26.8. The molecule has 3 atom stereocenters. The molecule has 2 bridgehead atoms. The Bertz CT molecular complexity index is 1370. The van der Waals surface area contributed by atoms with E-state index in [0.717, 1.165) is 47.7 Å². The molecular weight excluding hydrogens is 498 g/mol. The van der Waals surface area contributed by atoms with Crippen LogP contribution in [0.25, 0.3) is 17.2 Å². The van der Waals surface area contributed by atoms with Crippen molar-refractivity contribution in [3.8, 4) is 11.1 Å². The molecule has 2 aliphatic carbocycles. The highest BCUT2D eigenvalue weighted by atomic mass is 35.5. The summed E-state index contributed by atoms with van der Waals surface area (Å²) >= 11 is 6.80. The van der Waals surface area contributed by atoms with Crippen LogP contribution in [0, 0.1) is 17.8 Å². The lowest BCUT2D eigenvalue weighted by molar-refractivity contribution is -0.131. The number of benzene rings is 2. The fraction of sp³-hybridized carbons (Fsp3) is 0.323. The number of nitrogens with zero attached hydrogens (tertiary/aromatic N) is 3. The van der Waals surface area contributed by atoms with Gasteiger partial charge in [0, 0.05) is 43.0 Å². The number of anilines is 2. The van der Waals surface area contributed by atoms with E-state index in [1.807, 2.05) is 38.4 Å². The summed E-state index contributed by atoms with van der Waals surface area (Å²) in [6.45, 7) is 0.319. The van der Waals surface area contributed by atoms with E-state index in [9.17, 15) is 9.59 Å². The van der Waals surface area contributed by atoms with Crippen molar-refractivity contribution in [1.29, 1.82) is 0 Å². The van der Waals surface area contributed by atoms with E-state index in [-0.39, 0.29) is 11.8 Å². The summed E-state index contributed by atoms with van der Waals surface area (Å²) in [6, 6.07) is 16.1. The predicted octanol–water partition coefficient (Wildman–Crippen LogP) is 6.54.